The lowest BCUT2D eigenvalue weighted by Crippen LogP contribution is -2.45. The van der Waals surface area contributed by atoms with Crippen molar-refractivity contribution < 1.29 is 4.74 Å². The van der Waals surface area contributed by atoms with Crippen LogP contribution < -0.4 is 0 Å². The average molecular weight is 266 g/mol. The molecule has 0 aromatic carbocycles. The molecule has 0 N–H and O–H groups in total. The van der Waals surface area contributed by atoms with Crippen LogP contribution in [0.2, 0.25) is 0 Å². The first-order valence-corrected chi connectivity index (χ1v) is 7.86. The summed E-state index contributed by atoms with van der Waals surface area (Å²) in [6.07, 6.45) is 3.65. The minimum absolute atomic E-state index is 0.572. The second-order valence-corrected chi connectivity index (χ2v) is 6.74. The summed E-state index contributed by atoms with van der Waals surface area (Å²) in [5, 5.41) is 1.32. The maximum absolute atomic E-state index is 5.44. The first kappa shape index (κ1) is 12.6. The second-order valence-electron chi connectivity index (χ2n) is 5.62. The highest BCUT2D eigenvalue weighted by Crippen LogP contribution is 2.32. The summed E-state index contributed by atoms with van der Waals surface area (Å²) < 4.78 is 5.44. The highest BCUT2D eigenvalue weighted by molar-refractivity contribution is 7.11. The van der Waals surface area contributed by atoms with Crippen molar-refractivity contribution in [2.24, 2.45) is 0 Å². The Morgan fingerprint density at radius 2 is 2.11 bits per heavy atom. The van der Waals surface area contributed by atoms with Crippen LogP contribution >= 0.6 is 11.3 Å². The van der Waals surface area contributed by atoms with E-state index in [0.29, 0.717) is 5.92 Å². The molecule has 18 heavy (non-hydrogen) atoms. The van der Waals surface area contributed by atoms with Gasteiger partial charge in [0.15, 0.2) is 0 Å². The predicted octanol–water partition coefficient (Wildman–Crippen LogP) is 2.46. The van der Waals surface area contributed by atoms with E-state index in [9.17, 15) is 0 Å². The third kappa shape index (κ3) is 2.46. The summed E-state index contributed by atoms with van der Waals surface area (Å²) in [5.41, 5.74) is 1.38. The van der Waals surface area contributed by atoms with Crippen LogP contribution in [0.4, 0.5) is 0 Å². The van der Waals surface area contributed by atoms with Gasteiger partial charge in [-0.2, -0.15) is 0 Å². The number of fused-ring (bicyclic) bond motifs is 1. The number of nitrogens with zero attached hydrogens (tertiary/aromatic N) is 2. The molecule has 1 aliphatic heterocycles. The van der Waals surface area contributed by atoms with E-state index in [1.54, 1.807) is 4.88 Å². The fourth-order valence-electron chi connectivity index (χ4n) is 2.88. The quantitative estimate of drug-likeness (QED) is 0.822. The zero-order valence-corrected chi connectivity index (χ0v) is 12.1. The van der Waals surface area contributed by atoms with Crippen LogP contribution in [-0.4, -0.2) is 42.2 Å². The average Bonchev–Trinajstić information content (AvgIpc) is 2.82. The largest absolute Gasteiger partial charge is 0.379 e. The molecule has 2 heterocycles. The number of hydrogen-bond acceptors (Lipinski definition) is 4. The number of aromatic nitrogens is 1. The van der Waals surface area contributed by atoms with Crippen LogP contribution in [0.5, 0.6) is 0 Å². The molecule has 1 aliphatic carbocycles. The highest BCUT2D eigenvalue weighted by atomic mass is 32.1. The predicted molar refractivity (Wildman–Crippen MR) is 74.4 cm³/mol. The maximum atomic E-state index is 5.44. The van der Waals surface area contributed by atoms with Gasteiger partial charge in [0.25, 0.3) is 0 Å². The Bertz CT molecular complexity index is 410. The fraction of sp³-hybridized carbons (Fsp3) is 0.786. The SMILES string of the molecule is CC(C)c1nc2c(s1)CC(N1CCOCC1)CC2. The van der Waals surface area contributed by atoms with Gasteiger partial charge in [0.05, 0.1) is 23.9 Å². The zero-order valence-electron chi connectivity index (χ0n) is 11.3. The standard InChI is InChI=1S/C14H22N2OS/c1-10(2)14-15-12-4-3-11(9-13(12)18-14)16-5-7-17-8-6-16/h10-11H,3-9H2,1-2H3. The number of thiazole rings is 1. The maximum Gasteiger partial charge on any atom is 0.0956 e. The van der Waals surface area contributed by atoms with Gasteiger partial charge in [0, 0.05) is 29.9 Å². The monoisotopic (exact) mass is 266 g/mol. The van der Waals surface area contributed by atoms with E-state index >= 15 is 0 Å². The van der Waals surface area contributed by atoms with E-state index in [1.165, 1.54) is 30.0 Å². The Morgan fingerprint density at radius 3 is 2.83 bits per heavy atom. The molecule has 3 nitrogen and oxygen atoms in total. The van der Waals surface area contributed by atoms with E-state index in [-0.39, 0.29) is 0 Å². The number of ether oxygens (including phenoxy) is 1. The number of rotatable bonds is 2. The Morgan fingerprint density at radius 1 is 1.33 bits per heavy atom. The first-order chi connectivity index (χ1) is 8.74. The molecule has 1 aromatic rings. The van der Waals surface area contributed by atoms with Crippen molar-refractivity contribution in [1.29, 1.82) is 0 Å². The van der Waals surface area contributed by atoms with Crippen molar-refractivity contribution in [3.05, 3.63) is 15.6 Å². The smallest absolute Gasteiger partial charge is 0.0956 e. The van der Waals surface area contributed by atoms with Gasteiger partial charge in [-0.15, -0.1) is 11.3 Å². The molecule has 2 aliphatic rings. The van der Waals surface area contributed by atoms with Crippen molar-refractivity contribution in [1.82, 2.24) is 9.88 Å². The van der Waals surface area contributed by atoms with Crippen molar-refractivity contribution in [3.8, 4) is 0 Å². The normalized spacial score (nSPS) is 25.4. The number of hydrogen-bond donors (Lipinski definition) is 0. The molecule has 0 bridgehead atoms. The van der Waals surface area contributed by atoms with E-state index in [0.717, 1.165) is 32.3 Å². The molecule has 3 rings (SSSR count). The lowest BCUT2D eigenvalue weighted by molar-refractivity contribution is 0.0138. The molecule has 0 spiro atoms. The fourth-order valence-corrected chi connectivity index (χ4v) is 4.06. The molecular formula is C14H22N2OS. The third-order valence-corrected chi connectivity index (χ3v) is 5.41. The molecule has 100 valence electrons. The molecule has 1 saturated heterocycles. The van der Waals surface area contributed by atoms with Crippen LogP contribution in [0.25, 0.3) is 0 Å². The van der Waals surface area contributed by atoms with Gasteiger partial charge < -0.3 is 4.74 Å². The van der Waals surface area contributed by atoms with Crippen molar-refractivity contribution in [2.45, 2.75) is 45.1 Å². The highest BCUT2D eigenvalue weighted by Gasteiger charge is 2.28. The van der Waals surface area contributed by atoms with Crippen LogP contribution in [-0.2, 0) is 17.6 Å². The molecule has 0 amide bonds. The van der Waals surface area contributed by atoms with Gasteiger partial charge in [0.1, 0.15) is 0 Å². The van der Waals surface area contributed by atoms with Gasteiger partial charge >= 0.3 is 0 Å². The van der Waals surface area contributed by atoms with Crippen LogP contribution in [0.3, 0.4) is 0 Å². The molecule has 0 saturated carbocycles. The van der Waals surface area contributed by atoms with Gasteiger partial charge in [-0.1, -0.05) is 13.8 Å². The summed E-state index contributed by atoms with van der Waals surface area (Å²) >= 11 is 1.94. The van der Waals surface area contributed by atoms with Crippen LogP contribution in [0, 0.1) is 0 Å². The topological polar surface area (TPSA) is 25.4 Å². The van der Waals surface area contributed by atoms with Crippen molar-refractivity contribution >= 4 is 11.3 Å². The summed E-state index contributed by atoms with van der Waals surface area (Å²) in [6, 6.07) is 0.724. The molecular weight excluding hydrogens is 244 g/mol. The minimum Gasteiger partial charge on any atom is -0.379 e. The van der Waals surface area contributed by atoms with Crippen LogP contribution in [0.1, 0.15) is 41.8 Å². The molecule has 1 aromatic heterocycles. The number of morpholine rings is 1. The van der Waals surface area contributed by atoms with Gasteiger partial charge in [0.2, 0.25) is 0 Å². The van der Waals surface area contributed by atoms with Crippen molar-refractivity contribution in [2.75, 3.05) is 26.3 Å². The van der Waals surface area contributed by atoms with Gasteiger partial charge in [-0.25, -0.2) is 4.98 Å². The Labute approximate surface area is 113 Å². The van der Waals surface area contributed by atoms with Crippen molar-refractivity contribution in [3.63, 3.8) is 0 Å². The summed E-state index contributed by atoms with van der Waals surface area (Å²) in [7, 11) is 0. The second kappa shape index (κ2) is 5.27. The van der Waals surface area contributed by atoms with Gasteiger partial charge in [-0.05, 0) is 19.3 Å². The minimum atomic E-state index is 0.572. The number of aryl methyl sites for hydroxylation is 1. The van der Waals surface area contributed by atoms with Crippen LogP contribution in [0.15, 0.2) is 0 Å². The third-order valence-electron chi connectivity index (χ3n) is 3.99. The Kier molecular flexibility index (Phi) is 3.68. The Hall–Kier alpha value is -0.450. The van der Waals surface area contributed by atoms with E-state index in [2.05, 4.69) is 18.7 Å². The lowest BCUT2D eigenvalue weighted by Gasteiger charge is -2.36. The molecule has 1 unspecified atom stereocenters. The van der Waals surface area contributed by atoms with E-state index in [4.69, 9.17) is 9.72 Å². The summed E-state index contributed by atoms with van der Waals surface area (Å²) in [4.78, 5) is 8.96. The van der Waals surface area contributed by atoms with Gasteiger partial charge in [-0.3, -0.25) is 4.90 Å². The first-order valence-electron chi connectivity index (χ1n) is 7.04. The molecule has 4 heteroatoms. The van der Waals surface area contributed by atoms with E-state index in [1.807, 2.05) is 11.3 Å². The summed E-state index contributed by atoms with van der Waals surface area (Å²) in [6.45, 7) is 8.51. The molecule has 0 radical (unpaired) electrons. The van der Waals surface area contributed by atoms with E-state index < -0.39 is 0 Å². The lowest BCUT2D eigenvalue weighted by atomic mass is 9.96. The molecule has 1 atom stereocenters. The Balaban J connectivity index is 1.71. The summed E-state index contributed by atoms with van der Waals surface area (Å²) in [5.74, 6) is 0.572. The molecule has 1 fully saturated rings. The zero-order chi connectivity index (χ0) is 12.5.